The van der Waals surface area contributed by atoms with Gasteiger partial charge in [0.05, 0.1) is 6.61 Å². The molecular weight excluding hydrogens is 178 g/mol. The van der Waals surface area contributed by atoms with Crippen molar-refractivity contribution in [3.8, 4) is 0 Å². The van der Waals surface area contributed by atoms with Crippen LogP contribution in [0.4, 0.5) is 0 Å². The minimum absolute atomic E-state index is 0.352. The summed E-state index contributed by atoms with van der Waals surface area (Å²) in [5.41, 5.74) is 0. The summed E-state index contributed by atoms with van der Waals surface area (Å²) in [6, 6.07) is 0.417. The van der Waals surface area contributed by atoms with Crippen molar-refractivity contribution in [2.75, 3.05) is 26.9 Å². The standard InChI is InChI=1S/C11H23NO2/c1-9(8-14-2)12-6-10-4-3-5-11(10)7-13/h9-13H,3-8H2,1-2H3. The van der Waals surface area contributed by atoms with Crippen LogP contribution in [0.25, 0.3) is 0 Å². The summed E-state index contributed by atoms with van der Waals surface area (Å²) in [4.78, 5) is 0. The van der Waals surface area contributed by atoms with Gasteiger partial charge in [0.1, 0.15) is 0 Å². The Balaban J connectivity index is 2.16. The van der Waals surface area contributed by atoms with E-state index in [0.717, 1.165) is 13.2 Å². The quantitative estimate of drug-likeness (QED) is 0.674. The molecule has 0 saturated heterocycles. The lowest BCUT2D eigenvalue weighted by Crippen LogP contribution is -2.35. The Labute approximate surface area is 86.8 Å². The van der Waals surface area contributed by atoms with Gasteiger partial charge in [-0.1, -0.05) is 6.42 Å². The fourth-order valence-corrected chi connectivity index (χ4v) is 2.28. The lowest BCUT2D eigenvalue weighted by Gasteiger charge is -2.20. The summed E-state index contributed by atoms with van der Waals surface area (Å²) in [7, 11) is 1.73. The lowest BCUT2D eigenvalue weighted by atomic mass is 9.97. The van der Waals surface area contributed by atoms with Crippen LogP contribution in [0.5, 0.6) is 0 Å². The molecule has 1 aliphatic rings. The van der Waals surface area contributed by atoms with E-state index in [1.807, 2.05) is 0 Å². The van der Waals surface area contributed by atoms with E-state index in [1.54, 1.807) is 7.11 Å². The number of hydrogen-bond acceptors (Lipinski definition) is 3. The molecular formula is C11H23NO2. The van der Waals surface area contributed by atoms with Crippen molar-refractivity contribution < 1.29 is 9.84 Å². The zero-order valence-corrected chi connectivity index (χ0v) is 9.33. The Morgan fingerprint density at radius 3 is 2.79 bits per heavy atom. The van der Waals surface area contributed by atoms with Gasteiger partial charge in [-0.25, -0.2) is 0 Å². The largest absolute Gasteiger partial charge is 0.396 e. The Bertz CT molecular complexity index is 152. The van der Waals surface area contributed by atoms with Crippen molar-refractivity contribution in [3.63, 3.8) is 0 Å². The Morgan fingerprint density at radius 1 is 1.43 bits per heavy atom. The SMILES string of the molecule is COCC(C)NCC1CCCC1CO. The zero-order chi connectivity index (χ0) is 10.4. The molecule has 0 aromatic carbocycles. The van der Waals surface area contributed by atoms with E-state index < -0.39 is 0 Å². The molecule has 2 N–H and O–H groups in total. The Morgan fingerprint density at radius 2 is 2.14 bits per heavy atom. The van der Waals surface area contributed by atoms with Gasteiger partial charge in [-0.15, -0.1) is 0 Å². The van der Waals surface area contributed by atoms with E-state index >= 15 is 0 Å². The predicted molar refractivity (Wildman–Crippen MR) is 57.3 cm³/mol. The molecule has 0 aromatic rings. The van der Waals surface area contributed by atoms with E-state index in [9.17, 15) is 0 Å². The van der Waals surface area contributed by atoms with Gasteiger partial charge < -0.3 is 15.2 Å². The Kier molecular flexibility index (Phi) is 5.45. The first kappa shape index (κ1) is 12.0. The van der Waals surface area contributed by atoms with Gasteiger partial charge in [-0.05, 0) is 38.1 Å². The summed E-state index contributed by atoms with van der Waals surface area (Å²) >= 11 is 0. The van der Waals surface area contributed by atoms with E-state index in [1.165, 1.54) is 19.3 Å². The first-order valence-electron chi connectivity index (χ1n) is 5.61. The van der Waals surface area contributed by atoms with Gasteiger partial charge in [-0.2, -0.15) is 0 Å². The highest BCUT2D eigenvalue weighted by molar-refractivity contribution is 4.79. The lowest BCUT2D eigenvalue weighted by molar-refractivity contribution is 0.159. The van der Waals surface area contributed by atoms with E-state index in [2.05, 4.69) is 12.2 Å². The number of ether oxygens (including phenoxy) is 1. The normalized spacial score (nSPS) is 29.4. The van der Waals surface area contributed by atoms with Crippen LogP contribution in [0.2, 0.25) is 0 Å². The van der Waals surface area contributed by atoms with Crippen LogP contribution >= 0.6 is 0 Å². The number of aliphatic hydroxyl groups excluding tert-OH is 1. The van der Waals surface area contributed by atoms with Crippen molar-refractivity contribution >= 4 is 0 Å². The molecule has 3 nitrogen and oxygen atoms in total. The third-order valence-electron chi connectivity index (χ3n) is 3.20. The second kappa shape index (κ2) is 6.38. The molecule has 0 radical (unpaired) electrons. The molecule has 0 spiro atoms. The minimum atomic E-state index is 0.352. The maximum atomic E-state index is 9.15. The molecule has 14 heavy (non-hydrogen) atoms. The first-order valence-corrected chi connectivity index (χ1v) is 5.61. The van der Waals surface area contributed by atoms with Crippen molar-refractivity contribution in [1.82, 2.24) is 5.32 Å². The van der Waals surface area contributed by atoms with Crippen molar-refractivity contribution in [2.45, 2.75) is 32.2 Å². The summed E-state index contributed by atoms with van der Waals surface area (Å²) in [5.74, 6) is 1.19. The topological polar surface area (TPSA) is 41.5 Å². The summed E-state index contributed by atoms with van der Waals surface area (Å²) < 4.78 is 5.06. The van der Waals surface area contributed by atoms with Gasteiger partial charge in [0.25, 0.3) is 0 Å². The molecule has 0 amide bonds. The summed E-state index contributed by atoms with van der Waals surface area (Å²) in [6.45, 7) is 4.27. The molecule has 3 heteroatoms. The zero-order valence-electron chi connectivity index (χ0n) is 9.33. The van der Waals surface area contributed by atoms with Crippen LogP contribution < -0.4 is 5.32 Å². The van der Waals surface area contributed by atoms with Gasteiger partial charge in [0.2, 0.25) is 0 Å². The van der Waals surface area contributed by atoms with Crippen LogP contribution in [0.3, 0.4) is 0 Å². The van der Waals surface area contributed by atoms with Crippen molar-refractivity contribution in [1.29, 1.82) is 0 Å². The second-order valence-electron chi connectivity index (χ2n) is 4.40. The molecule has 3 unspecified atom stereocenters. The van der Waals surface area contributed by atoms with Crippen LogP contribution in [0, 0.1) is 11.8 Å². The fourth-order valence-electron chi connectivity index (χ4n) is 2.28. The molecule has 1 aliphatic carbocycles. The third kappa shape index (κ3) is 3.56. The Hall–Kier alpha value is -0.120. The number of methoxy groups -OCH3 is 1. The van der Waals surface area contributed by atoms with Crippen LogP contribution in [-0.2, 0) is 4.74 Å². The van der Waals surface area contributed by atoms with Crippen molar-refractivity contribution in [2.24, 2.45) is 11.8 Å². The maximum absolute atomic E-state index is 9.15. The molecule has 1 fully saturated rings. The van der Waals surface area contributed by atoms with Crippen LogP contribution in [-0.4, -0.2) is 38.0 Å². The molecule has 1 rings (SSSR count). The molecule has 0 bridgehead atoms. The second-order valence-corrected chi connectivity index (χ2v) is 4.40. The molecule has 0 aromatic heterocycles. The number of hydrogen-bond donors (Lipinski definition) is 2. The number of aliphatic hydroxyl groups is 1. The smallest absolute Gasteiger partial charge is 0.0613 e. The van der Waals surface area contributed by atoms with Gasteiger partial charge in [-0.3, -0.25) is 0 Å². The maximum Gasteiger partial charge on any atom is 0.0613 e. The number of rotatable bonds is 6. The summed E-state index contributed by atoms with van der Waals surface area (Å²) in [5, 5.41) is 12.6. The van der Waals surface area contributed by atoms with E-state index in [0.29, 0.717) is 24.5 Å². The van der Waals surface area contributed by atoms with Crippen LogP contribution in [0.1, 0.15) is 26.2 Å². The van der Waals surface area contributed by atoms with Crippen LogP contribution in [0.15, 0.2) is 0 Å². The van der Waals surface area contributed by atoms with Gasteiger partial charge in [0, 0.05) is 19.8 Å². The van der Waals surface area contributed by atoms with Gasteiger partial charge in [0.15, 0.2) is 0 Å². The minimum Gasteiger partial charge on any atom is -0.396 e. The molecule has 0 heterocycles. The molecule has 0 aliphatic heterocycles. The van der Waals surface area contributed by atoms with Crippen molar-refractivity contribution in [3.05, 3.63) is 0 Å². The highest BCUT2D eigenvalue weighted by atomic mass is 16.5. The third-order valence-corrected chi connectivity index (χ3v) is 3.20. The monoisotopic (exact) mass is 201 g/mol. The first-order chi connectivity index (χ1) is 6.77. The number of nitrogens with one attached hydrogen (secondary N) is 1. The average molecular weight is 201 g/mol. The summed E-state index contributed by atoms with van der Waals surface area (Å²) in [6.07, 6.45) is 3.73. The highest BCUT2D eigenvalue weighted by Crippen LogP contribution is 2.30. The molecule has 84 valence electrons. The molecule has 3 atom stereocenters. The molecule has 1 saturated carbocycles. The van der Waals surface area contributed by atoms with E-state index in [4.69, 9.17) is 9.84 Å². The van der Waals surface area contributed by atoms with E-state index in [-0.39, 0.29) is 0 Å². The van der Waals surface area contributed by atoms with Gasteiger partial charge >= 0.3 is 0 Å². The average Bonchev–Trinajstić information content (AvgIpc) is 2.62. The fraction of sp³-hybridized carbons (Fsp3) is 1.00. The highest BCUT2D eigenvalue weighted by Gasteiger charge is 2.26. The predicted octanol–water partition coefficient (Wildman–Crippen LogP) is 1.02.